The maximum Gasteiger partial charge on any atom is 0.328 e. The number of carbonyl (C=O) groups excluding carboxylic acids is 3. The molecule has 0 spiro atoms. The Bertz CT molecular complexity index is 638. The number of likely N-dealkylation sites (tertiary alicyclic amines) is 1. The van der Waals surface area contributed by atoms with Gasteiger partial charge in [-0.2, -0.15) is 0 Å². The normalized spacial score (nSPS) is 27.3. The Hall–Kier alpha value is -2.37. The number of fused-ring (bicyclic) bond motifs is 1. The fourth-order valence-corrected chi connectivity index (χ4v) is 3.86. The summed E-state index contributed by atoms with van der Waals surface area (Å²) in [5.41, 5.74) is 1.06. The summed E-state index contributed by atoms with van der Waals surface area (Å²) in [6.45, 7) is 1.74. The average molecular weight is 313 g/mol. The van der Waals surface area contributed by atoms with E-state index in [-0.39, 0.29) is 23.9 Å². The van der Waals surface area contributed by atoms with Crippen LogP contribution in [0, 0.1) is 0 Å². The van der Waals surface area contributed by atoms with E-state index < -0.39 is 6.04 Å². The molecule has 0 radical (unpaired) electrons. The van der Waals surface area contributed by atoms with Crippen LogP contribution in [0.2, 0.25) is 0 Å². The molecule has 3 heterocycles. The van der Waals surface area contributed by atoms with Crippen LogP contribution in [0.1, 0.15) is 24.8 Å². The van der Waals surface area contributed by atoms with Gasteiger partial charge in [-0.3, -0.25) is 9.59 Å². The minimum Gasteiger partial charge on any atom is -0.336 e. The minimum atomic E-state index is -0.621. The maximum absolute atomic E-state index is 12.7. The van der Waals surface area contributed by atoms with E-state index in [9.17, 15) is 14.4 Å². The summed E-state index contributed by atoms with van der Waals surface area (Å²) in [7, 11) is 0. The molecule has 6 nitrogen and oxygen atoms in total. The zero-order valence-electron chi connectivity index (χ0n) is 12.9. The van der Waals surface area contributed by atoms with E-state index in [1.54, 1.807) is 9.80 Å². The number of rotatable bonds is 3. The Morgan fingerprint density at radius 1 is 0.913 bits per heavy atom. The SMILES string of the molecule is O=C1[C@H](N2C(=O)[C@H]3CCCN3C2=O)CCN1Cc1ccccc1. The molecular weight excluding hydrogens is 294 g/mol. The first-order valence-corrected chi connectivity index (χ1v) is 8.13. The van der Waals surface area contributed by atoms with Crippen molar-refractivity contribution >= 4 is 17.8 Å². The van der Waals surface area contributed by atoms with Crippen LogP contribution in [0.4, 0.5) is 4.79 Å². The maximum atomic E-state index is 12.7. The third-order valence-corrected chi connectivity index (χ3v) is 5.02. The quantitative estimate of drug-likeness (QED) is 0.788. The first kappa shape index (κ1) is 14.2. The highest BCUT2D eigenvalue weighted by Gasteiger charge is 2.53. The van der Waals surface area contributed by atoms with Crippen molar-refractivity contribution in [3.05, 3.63) is 35.9 Å². The van der Waals surface area contributed by atoms with E-state index in [2.05, 4.69) is 0 Å². The van der Waals surface area contributed by atoms with Crippen LogP contribution in [0.5, 0.6) is 0 Å². The van der Waals surface area contributed by atoms with Crippen molar-refractivity contribution in [3.8, 4) is 0 Å². The minimum absolute atomic E-state index is 0.114. The molecule has 0 aromatic heterocycles. The Labute approximate surface area is 134 Å². The van der Waals surface area contributed by atoms with Gasteiger partial charge in [0.15, 0.2) is 0 Å². The van der Waals surface area contributed by atoms with Gasteiger partial charge in [0.1, 0.15) is 12.1 Å². The number of benzene rings is 1. The molecule has 0 bridgehead atoms. The van der Waals surface area contributed by atoms with Gasteiger partial charge in [0.25, 0.3) is 5.91 Å². The smallest absolute Gasteiger partial charge is 0.328 e. The van der Waals surface area contributed by atoms with Gasteiger partial charge < -0.3 is 9.80 Å². The number of urea groups is 1. The van der Waals surface area contributed by atoms with Crippen molar-refractivity contribution in [1.29, 1.82) is 0 Å². The second-order valence-electron chi connectivity index (χ2n) is 6.39. The molecule has 0 unspecified atom stereocenters. The van der Waals surface area contributed by atoms with E-state index in [0.717, 1.165) is 18.4 Å². The van der Waals surface area contributed by atoms with Crippen molar-refractivity contribution < 1.29 is 14.4 Å². The number of hydrogen-bond acceptors (Lipinski definition) is 3. The second-order valence-corrected chi connectivity index (χ2v) is 6.39. The summed E-state index contributed by atoms with van der Waals surface area (Å²) >= 11 is 0. The van der Waals surface area contributed by atoms with Gasteiger partial charge in [-0.15, -0.1) is 0 Å². The molecule has 4 amide bonds. The number of nitrogens with zero attached hydrogens (tertiary/aromatic N) is 3. The summed E-state index contributed by atoms with van der Waals surface area (Å²) in [5.74, 6) is -0.302. The first-order valence-electron chi connectivity index (χ1n) is 8.13. The van der Waals surface area contributed by atoms with Gasteiger partial charge in [0.2, 0.25) is 5.91 Å². The van der Waals surface area contributed by atoms with E-state index >= 15 is 0 Å². The van der Waals surface area contributed by atoms with Crippen LogP contribution in [0.15, 0.2) is 30.3 Å². The van der Waals surface area contributed by atoms with Crippen LogP contribution in [-0.2, 0) is 16.1 Å². The summed E-state index contributed by atoms with van der Waals surface area (Å²) in [6.07, 6.45) is 2.12. The van der Waals surface area contributed by atoms with Crippen LogP contribution in [0.25, 0.3) is 0 Å². The predicted molar refractivity (Wildman–Crippen MR) is 82.2 cm³/mol. The summed E-state index contributed by atoms with van der Waals surface area (Å²) in [5, 5.41) is 0. The van der Waals surface area contributed by atoms with Crippen LogP contribution >= 0.6 is 0 Å². The molecule has 1 aromatic rings. The van der Waals surface area contributed by atoms with Crippen molar-refractivity contribution in [2.45, 2.75) is 37.9 Å². The molecule has 3 aliphatic heterocycles. The average Bonchev–Trinajstić information content (AvgIpc) is 3.22. The van der Waals surface area contributed by atoms with Gasteiger partial charge >= 0.3 is 6.03 Å². The Morgan fingerprint density at radius 3 is 2.43 bits per heavy atom. The molecule has 0 aliphatic carbocycles. The first-order chi connectivity index (χ1) is 11.2. The molecule has 3 aliphatic rings. The van der Waals surface area contributed by atoms with Crippen LogP contribution in [-0.4, -0.2) is 57.7 Å². The lowest BCUT2D eigenvalue weighted by molar-refractivity contribution is -0.138. The second kappa shape index (κ2) is 5.37. The Morgan fingerprint density at radius 2 is 1.70 bits per heavy atom. The van der Waals surface area contributed by atoms with Crippen LogP contribution < -0.4 is 0 Å². The lowest BCUT2D eigenvalue weighted by atomic mass is 10.1. The zero-order chi connectivity index (χ0) is 16.0. The van der Waals surface area contributed by atoms with E-state index in [1.807, 2.05) is 30.3 Å². The van der Waals surface area contributed by atoms with Gasteiger partial charge in [-0.1, -0.05) is 30.3 Å². The van der Waals surface area contributed by atoms with Gasteiger partial charge in [0.05, 0.1) is 0 Å². The highest BCUT2D eigenvalue weighted by molar-refractivity contribution is 6.08. The Kier molecular flexibility index (Phi) is 3.32. The summed E-state index contributed by atoms with van der Waals surface area (Å²) in [6, 6.07) is 8.53. The van der Waals surface area contributed by atoms with Gasteiger partial charge in [-0.05, 0) is 24.8 Å². The summed E-state index contributed by atoms with van der Waals surface area (Å²) in [4.78, 5) is 42.2. The fraction of sp³-hybridized carbons (Fsp3) is 0.471. The molecule has 2 atom stereocenters. The van der Waals surface area contributed by atoms with Crippen LogP contribution in [0.3, 0.4) is 0 Å². The van der Waals surface area contributed by atoms with E-state index in [4.69, 9.17) is 0 Å². The molecule has 3 fully saturated rings. The number of amides is 4. The van der Waals surface area contributed by atoms with Crippen molar-refractivity contribution in [2.75, 3.05) is 13.1 Å². The fourth-order valence-electron chi connectivity index (χ4n) is 3.86. The number of hydrogen-bond donors (Lipinski definition) is 0. The standard InChI is InChI=1S/C17H19N3O3/c21-15-14(8-10-18(15)11-12-5-2-1-3-6-12)20-16(22)13-7-4-9-19(13)17(20)23/h1-3,5-6,13-14H,4,7-11H2/t13-,14-/m1/s1. The molecule has 3 saturated heterocycles. The number of carbonyl (C=O) groups is 3. The van der Waals surface area contributed by atoms with Gasteiger partial charge in [0, 0.05) is 19.6 Å². The molecule has 23 heavy (non-hydrogen) atoms. The molecule has 0 saturated carbocycles. The van der Waals surface area contributed by atoms with Crippen molar-refractivity contribution in [2.24, 2.45) is 0 Å². The predicted octanol–water partition coefficient (Wildman–Crippen LogP) is 1.21. The molecule has 1 aromatic carbocycles. The topological polar surface area (TPSA) is 60.9 Å². The molecule has 0 N–H and O–H groups in total. The van der Waals surface area contributed by atoms with E-state index in [0.29, 0.717) is 26.1 Å². The largest absolute Gasteiger partial charge is 0.336 e. The summed E-state index contributed by atoms with van der Waals surface area (Å²) < 4.78 is 0. The molecule has 4 rings (SSSR count). The molecule has 6 heteroatoms. The molecular formula is C17H19N3O3. The lowest BCUT2D eigenvalue weighted by Crippen LogP contribution is -2.46. The van der Waals surface area contributed by atoms with Gasteiger partial charge in [-0.25, -0.2) is 9.69 Å². The highest BCUT2D eigenvalue weighted by atomic mass is 16.2. The van der Waals surface area contributed by atoms with Crippen molar-refractivity contribution in [1.82, 2.24) is 14.7 Å². The third-order valence-electron chi connectivity index (χ3n) is 5.02. The Balaban J connectivity index is 1.50. The zero-order valence-corrected chi connectivity index (χ0v) is 12.9. The third kappa shape index (κ3) is 2.20. The lowest BCUT2D eigenvalue weighted by Gasteiger charge is -2.22. The molecule has 120 valence electrons. The monoisotopic (exact) mass is 313 g/mol. The number of imide groups is 1. The highest BCUT2D eigenvalue weighted by Crippen LogP contribution is 2.31. The van der Waals surface area contributed by atoms with E-state index in [1.165, 1.54) is 4.90 Å². The van der Waals surface area contributed by atoms with Crippen molar-refractivity contribution in [3.63, 3.8) is 0 Å².